The molecule has 0 saturated heterocycles. The van der Waals surface area contributed by atoms with Gasteiger partial charge in [-0.05, 0) is 17.7 Å². The molecule has 0 amide bonds. The summed E-state index contributed by atoms with van der Waals surface area (Å²) in [5, 5.41) is 0.494. The number of rotatable bonds is 1. The van der Waals surface area contributed by atoms with Crippen molar-refractivity contribution in [2.45, 2.75) is 6.92 Å². The Morgan fingerprint density at radius 2 is 2.29 bits per heavy atom. The van der Waals surface area contributed by atoms with Crippen LogP contribution >= 0.6 is 0 Å². The minimum absolute atomic E-state index is 0.351. The Morgan fingerprint density at radius 1 is 1.50 bits per heavy atom. The van der Waals surface area contributed by atoms with E-state index in [1.165, 1.54) is 0 Å². The molecule has 0 bridgehead atoms. The van der Waals surface area contributed by atoms with Crippen molar-refractivity contribution in [3.05, 3.63) is 46.7 Å². The molecule has 1 heterocycles. The minimum atomic E-state index is -0.351. The van der Waals surface area contributed by atoms with Crippen molar-refractivity contribution < 1.29 is 4.42 Å². The lowest BCUT2D eigenvalue weighted by Crippen LogP contribution is -2.02. The van der Waals surface area contributed by atoms with Gasteiger partial charge in [0.1, 0.15) is 0 Å². The third kappa shape index (κ3) is 1.33. The van der Waals surface area contributed by atoms with Gasteiger partial charge in [0.05, 0.1) is 10.9 Å². The summed E-state index contributed by atoms with van der Waals surface area (Å²) in [6.45, 7) is 5.29. The van der Waals surface area contributed by atoms with Crippen LogP contribution in [0.5, 0.6) is 0 Å². The lowest BCUT2D eigenvalue weighted by atomic mass is 10.1. The fourth-order valence-corrected chi connectivity index (χ4v) is 1.32. The van der Waals surface area contributed by atoms with E-state index in [-0.39, 0.29) is 5.63 Å². The van der Waals surface area contributed by atoms with Gasteiger partial charge in [0.2, 0.25) is 0 Å². The highest BCUT2D eigenvalue weighted by Gasteiger charge is 2.02. The van der Waals surface area contributed by atoms with E-state index < -0.39 is 0 Å². The van der Waals surface area contributed by atoms with Crippen LogP contribution in [0.3, 0.4) is 0 Å². The Balaban J connectivity index is 2.89. The van der Waals surface area contributed by atoms with Gasteiger partial charge in [-0.3, -0.25) is 0 Å². The van der Waals surface area contributed by atoms with Crippen LogP contribution in [-0.2, 0) is 0 Å². The van der Waals surface area contributed by atoms with Crippen LogP contribution in [0.15, 0.2) is 34.0 Å². The first-order valence-corrected chi connectivity index (χ1v) is 4.24. The number of nitrogens with zero attached hydrogens (tertiary/aromatic N) is 1. The van der Waals surface area contributed by atoms with Gasteiger partial charge < -0.3 is 4.42 Å². The molecule has 0 fully saturated rings. The third-order valence-corrected chi connectivity index (χ3v) is 1.99. The quantitative estimate of drug-likeness (QED) is 0.686. The maximum Gasteiger partial charge on any atom is 0.346 e. The molecule has 3 heteroatoms. The van der Waals surface area contributed by atoms with Gasteiger partial charge in [-0.1, -0.05) is 18.7 Å². The molecular formula is C11H9NO2. The molecule has 0 N–H and O–H groups in total. The van der Waals surface area contributed by atoms with E-state index >= 15 is 0 Å². The van der Waals surface area contributed by atoms with Gasteiger partial charge in [0.25, 0.3) is 0 Å². The molecule has 0 atom stereocenters. The molecule has 3 nitrogen and oxygen atoms in total. The van der Waals surface area contributed by atoms with Crippen molar-refractivity contribution >= 4 is 17.0 Å². The van der Waals surface area contributed by atoms with E-state index in [1.54, 1.807) is 25.1 Å². The summed E-state index contributed by atoms with van der Waals surface area (Å²) < 4.78 is 4.89. The largest absolute Gasteiger partial charge is 0.408 e. The van der Waals surface area contributed by atoms with Gasteiger partial charge >= 0.3 is 5.63 Å². The van der Waals surface area contributed by atoms with Crippen molar-refractivity contribution in [1.29, 1.82) is 0 Å². The summed E-state index contributed by atoms with van der Waals surface area (Å²) in [5.41, 5.74) is 1.19. The summed E-state index contributed by atoms with van der Waals surface area (Å²) >= 11 is 0. The van der Waals surface area contributed by atoms with Crippen LogP contribution in [0.4, 0.5) is 0 Å². The Labute approximate surface area is 80.7 Å². The van der Waals surface area contributed by atoms with Crippen LogP contribution in [0, 0.1) is 6.92 Å². The number of aromatic nitrogens is 1. The Bertz CT molecular complexity index is 555. The molecule has 1 aromatic carbocycles. The molecule has 2 rings (SSSR count). The number of benzene rings is 1. The second-order valence-electron chi connectivity index (χ2n) is 3.00. The van der Waals surface area contributed by atoms with Crippen LogP contribution < -0.4 is 5.63 Å². The molecule has 0 aliphatic heterocycles. The third-order valence-electron chi connectivity index (χ3n) is 1.99. The maximum absolute atomic E-state index is 11.4. The zero-order chi connectivity index (χ0) is 10.1. The smallest absolute Gasteiger partial charge is 0.346 e. The predicted molar refractivity (Wildman–Crippen MR) is 55.1 cm³/mol. The van der Waals surface area contributed by atoms with Crippen LogP contribution in [0.1, 0.15) is 11.5 Å². The number of fused-ring (bicyclic) bond motifs is 1. The van der Waals surface area contributed by atoms with Gasteiger partial charge in [-0.25, -0.2) is 9.78 Å². The van der Waals surface area contributed by atoms with Crippen molar-refractivity contribution in [3.63, 3.8) is 0 Å². The normalized spacial score (nSPS) is 10.4. The van der Waals surface area contributed by atoms with Crippen LogP contribution in [0.25, 0.3) is 17.0 Å². The fraction of sp³-hybridized carbons (Fsp3) is 0.0909. The molecule has 0 saturated carbocycles. The Morgan fingerprint density at radius 3 is 3.00 bits per heavy atom. The lowest BCUT2D eigenvalue weighted by molar-refractivity contribution is 0.467. The summed E-state index contributed by atoms with van der Waals surface area (Å²) in [7, 11) is 0. The summed E-state index contributed by atoms with van der Waals surface area (Å²) in [5.74, 6) is 0.383. The molecular weight excluding hydrogens is 178 g/mol. The molecule has 14 heavy (non-hydrogen) atoms. The minimum Gasteiger partial charge on any atom is -0.408 e. The average molecular weight is 187 g/mol. The van der Waals surface area contributed by atoms with E-state index in [0.29, 0.717) is 16.8 Å². The topological polar surface area (TPSA) is 43.1 Å². The van der Waals surface area contributed by atoms with Crippen molar-refractivity contribution in [1.82, 2.24) is 4.98 Å². The average Bonchev–Trinajstić information content (AvgIpc) is 2.17. The molecule has 0 aliphatic carbocycles. The van der Waals surface area contributed by atoms with Crippen molar-refractivity contribution in [2.75, 3.05) is 0 Å². The van der Waals surface area contributed by atoms with Gasteiger partial charge in [-0.2, -0.15) is 0 Å². The predicted octanol–water partition coefficient (Wildman–Crippen LogP) is 2.14. The first kappa shape index (κ1) is 8.69. The molecule has 70 valence electrons. The standard InChI is InChI=1S/C11H9NO2/c1-3-8-4-5-10-9(6-8)11(13)14-7(2)12-10/h3-6H,1H2,2H3. The summed E-state index contributed by atoms with van der Waals surface area (Å²) in [4.78, 5) is 15.5. The Kier molecular flexibility index (Phi) is 1.93. The molecule has 0 unspecified atom stereocenters. The highest BCUT2D eigenvalue weighted by molar-refractivity contribution is 5.79. The molecule has 1 aromatic heterocycles. The molecule has 0 radical (unpaired) electrons. The van der Waals surface area contributed by atoms with Crippen molar-refractivity contribution in [3.8, 4) is 0 Å². The van der Waals surface area contributed by atoms with E-state index in [4.69, 9.17) is 4.42 Å². The molecule has 0 aliphatic rings. The maximum atomic E-state index is 11.4. The van der Waals surface area contributed by atoms with Crippen LogP contribution in [-0.4, -0.2) is 4.98 Å². The second kappa shape index (κ2) is 3.10. The molecule has 0 spiro atoms. The Hall–Kier alpha value is -1.90. The lowest BCUT2D eigenvalue weighted by Gasteiger charge is -1.98. The van der Waals surface area contributed by atoms with Crippen molar-refractivity contribution in [2.24, 2.45) is 0 Å². The zero-order valence-corrected chi connectivity index (χ0v) is 7.78. The van der Waals surface area contributed by atoms with Gasteiger partial charge in [0, 0.05) is 6.92 Å². The summed E-state index contributed by atoms with van der Waals surface area (Å²) in [6, 6.07) is 5.37. The van der Waals surface area contributed by atoms with E-state index in [2.05, 4.69) is 11.6 Å². The monoisotopic (exact) mass is 187 g/mol. The fourth-order valence-electron chi connectivity index (χ4n) is 1.32. The number of aryl methyl sites for hydroxylation is 1. The highest BCUT2D eigenvalue weighted by atomic mass is 16.4. The van der Waals surface area contributed by atoms with E-state index in [0.717, 1.165) is 5.56 Å². The zero-order valence-electron chi connectivity index (χ0n) is 7.78. The van der Waals surface area contributed by atoms with E-state index in [9.17, 15) is 4.79 Å². The van der Waals surface area contributed by atoms with Gasteiger partial charge in [0.15, 0.2) is 5.89 Å². The second-order valence-corrected chi connectivity index (χ2v) is 3.00. The molecule has 2 aromatic rings. The summed E-state index contributed by atoms with van der Waals surface area (Å²) in [6.07, 6.45) is 1.68. The van der Waals surface area contributed by atoms with Crippen LogP contribution in [0.2, 0.25) is 0 Å². The number of hydrogen-bond acceptors (Lipinski definition) is 3. The number of hydrogen-bond donors (Lipinski definition) is 0. The van der Waals surface area contributed by atoms with Gasteiger partial charge in [-0.15, -0.1) is 0 Å². The highest BCUT2D eigenvalue weighted by Crippen LogP contribution is 2.11. The van der Waals surface area contributed by atoms with E-state index in [1.807, 2.05) is 6.07 Å². The first-order chi connectivity index (χ1) is 6.70. The first-order valence-electron chi connectivity index (χ1n) is 4.24. The SMILES string of the molecule is C=Cc1ccc2nc(C)oc(=O)c2c1.